The summed E-state index contributed by atoms with van der Waals surface area (Å²) in [4.78, 5) is 14.7. The van der Waals surface area contributed by atoms with E-state index < -0.39 is 17.7 Å². The van der Waals surface area contributed by atoms with Gasteiger partial charge in [0, 0.05) is 5.57 Å². The van der Waals surface area contributed by atoms with Gasteiger partial charge >= 0.3 is 0 Å². The zero-order valence-corrected chi connectivity index (χ0v) is 7.71. The molecular formula is C8H15N4O. The van der Waals surface area contributed by atoms with Gasteiger partial charge in [-0.2, -0.15) is 0 Å². The summed E-state index contributed by atoms with van der Waals surface area (Å²) in [5.74, 6) is -1.86. The molecule has 5 N–H and O–H groups in total. The van der Waals surface area contributed by atoms with Crippen LogP contribution in [0.4, 0.5) is 0 Å². The Hall–Kier alpha value is -1.20. The molecule has 0 spiro atoms. The zero-order valence-electron chi connectivity index (χ0n) is 7.71. The SMILES string of the molecule is [CH2]C(N)C(N)(N=C)NC(=O)C(=C)C. The summed E-state index contributed by atoms with van der Waals surface area (Å²) in [6.45, 7) is 11.7. The van der Waals surface area contributed by atoms with Crippen LogP contribution < -0.4 is 16.8 Å². The van der Waals surface area contributed by atoms with E-state index in [1.54, 1.807) is 6.92 Å². The fourth-order valence-corrected chi connectivity index (χ4v) is 0.538. The van der Waals surface area contributed by atoms with Crippen LogP contribution in [0.15, 0.2) is 17.1 Å². The molecule has 0 fully saturated rings. The number of hydrogen-bond acceptors (Lipinski definition) is 4. The lowest BCUT2D eigenvalue weighted by atomic mass is 10.2. The lowest BCUT2D eigenvalue weighted by molar-refractivity contribution is -0.119. The third-order valence-corrected chi connectivity index (χ3v) is 1.53. The predicted octanol–water partition coefficient (Wildman–Crippen LogP) is -0.847. The highest BCUT2D eigenvalue weighted by atomic mass is 16.2. The second-order valence-corrected chi connectivity index (χ2v) is 2.82. The van der Waals surface area contributed by atoms with E-state index in [2.05, 4.69) is 30.5 Å². The molecule has 0 rings (SSSR count). The van der Waals surface area contributed by atoms with Crippen LogP contribution in [0, 0.1) is 6.92 Å². The van der Waals surface area contributed by atoms with Gasteiger partial charge in [-0.05, 0) is 20.6 Å². The molecular weight excluding hydrogens is 168 g/mol. The highest BCUT2D eigenvalue weighted by Gasteiger charge is 2.29. The van der Waals surface area contributed by atoms with Crippen LogP contribution in [0.5, 0.6) is 0 Å². The van der Waals surface area contributed by atoms with Crippen molar-refractivity contribution in [1.82, 2.24) is 5.32 Å². The first-order valence-corrected chi connectivity index (χ1v) is 3.67. The molecule has 0 aliphatic heterocycles. The van der Waals surface area contributed by atoms with Crippen LogP contribution in [0.3, 0.4) is 0 Å². The molecule has 5 heteroatoms. The molecule has 0 aromatic heterocycles. The number of carbonyl (C=O) groups excluding carboxylic acids is 1. The normalized spacial score (nSPS) is 16.9. The predicted molar refractivity (Wildman–Crippen MR) is 52.8 cm³/mol. The molecule has 0 saturated heterocycles. The first kappa shape index (κ1) is 11.8. The third-order valence-electron chi connectivity index (χ3n) is 1.53. The van der Waals surface area contributed by atoms with Crippen molar-refractivity contribution < 1.29 is 4.79 Å². The van der Waals surface area contributed by atoms with E-state index in [1.807, 2.05) is 0 Å². The topological polar surface area (TPSA) is 93.5 Å². The van der Waals surface area contributed by atoms with E-state index >= 15 is 0 Å². The number of nitrogens with two attached hydrogens (primary N) is 2. The number of carbonyl (C=O) groups is 1. The maximum absolute atomic E-state index is 11.2. The number of nitrogens with one attached hydrogen (secondary N) is 1. The van der Waals surface area contributed by atoms with E-state index in [0.29, 0.717) is 5.57 Å². The summed E-state index contributed by atoms with van der Waals surface area (Å²) in [6, 6.07) is -0.770. The van der Waals surface area contributed by atoms with Crippen molar-refractivity contribution in [1.29, 1.82) is 0 Å². The number of rotatable bonds is 4. The van der Waals surface area contributed by atoms with Crippen molar-refractivity contribution >= 4 is 12.6 Å². The van der Waals surface area contributed by atoms with Crippen molar-refractivity contribution in [2.45, 2.75) is 18.8 Å². The van der Waals surface area contributed by atoms with Crippen molar-refractivity contribution in [3.05, 3.63) is 19.1 Å². The molecule has 2 unspecified atom stereocenters. The number of aliphatic imine (C=N–C) groups is 1. The van der Waals surface area contributed by atoms with Crippen molar-refractivity contribution in [3.8, 4) is 0 Å². The molecule has 0 bridgehead atoms. The fourth-order valence-electron chi connectivity index (χ4n) is 0.538. The Bertz CT molecular complexity index is 236. The minimum atomic E-state index is -1.43. The molecule has 73 valence electrons. The van der Waals surface area contributed by atoms with Gasteiger partial charge in [-0.15, -0.1) is 0 Å². The molecule has 5 nitrogen and oxygen atoms in total. The lowest BCUT2D eigenvalue weighted by Crippen LogP contribution is -2.64. The Kier molecular flexibility index (Phi) is 3.77. The summed E-state index contributed by atoms with van der Waals surface area (Å²) >= 11 is 0. The van der Waals surface area contributed by atoms with E-state index in [0.717, 1.165) is 0 Å². The van der Waals surface area contributed by atoms with Crippen LogP contribution >= 0.6 is 0 Å². The second kappa shape index (κ2) is 4.15. The molecule has 0 aliphatic carbocycles. The van der Waals surface area contributed by atoms with Gasteiger partial charge in [-0.3, -0.25) is 15.5 Å². The maximum Gasteiger partial charge on any atom is 0.249 e. The van der Waals surface area contributed by atoms with Gasteiger partial charge in [0.2, 0.25) is 5.91 Å². The lowest BCUT2D eigenvalue weighted by Gasteiger charge is -2.29. The molecule has 2 atom stereocenters. The smallest absolute Gasteiger partial charge is 0.249 e. The van der Waals surface area contributed by atoms with Gasteiger partial charge in [0.1, 0.15) is 0 Å². The molecule has 0 aromatic rings. The Morgan fingerprint density at radius 2 is 2.15 bits per heavy atom. The van der Waals surface area contributed by atoms with Crippen molar-refractivity contribution in [3.63, 3.8) is 0 Å². The summed E-state index contributed by atoms with van der Waals surface area (Å²) in [5.41, 5.74) is 11.3. The maximum atomic E-state index is 11.2. The van der Waals surface area contributed by atoms with Gasteiger partial charge in [0.25, 0.3) is 0 Å². The van der Waals surface area contributed by atoms with Gasteiger partial charge in [0.15, 0.2) is 5.79 Å². The summed E-state index contributed by atoms with van der Waals surface area (Å²) < 4.78 is 0. The summed E-state index contributed by atoms with van der Waals surface area (Å²) in [6.07, 6.45) is 0. The van der Waals surface area contributed by atoms with Gasteiger partial charge in [-0.25, -0.2) is 0 Å². The van der Waals surface area contributed by atoms with Crippen LogP contribution in [0.2, 0.25) is 0 Å². The Labute approximate surface area is 77.9 Å². The Morgan fingerprint density at radius 1 is 1.69 bits per heavy atom. The van der Waals surface area contributed by atoms with Crippen LogP contribution in [0.25, 0.3) is 0 Å². The minimum absolute atomic E-state index is 0.319. The number of nitrogens with zero attached hydrogens (tertiary/aromatic N) is 1. The second-order valence-electron chi connectivity index (χ2n) is 2.82. The molecule has 0 heterocycles. The summed E-state index contributed by atoms with van der Waals surface area (Å²) in [5, 5.41) is 2.36. The first-order chi connectivity index (χ1) is 5.83. The van der Waals surface area contributed by atoms with E-state index in [4.69, 9.17) is 11.5 Å². The summed E-state index contributed by atoms with van der Waals surface area (Å²) in [7, 11) is 0. The highest BCUT2D eigenvalue weighted by molar-refractivity contribution is 5.92. The van der Waals surface area contributed by atoms with Gasteiger partial charge in [-0.1, -0.05) is 6.58 Å². The van der Waals surface area contributed by atoms with Crippen LogP contribution in [-0.2, 0) is 4.79 Å². The quantitative estimate of drug-likeness (QED) is 0.301. The standard InChI is InChI=1S/C8H15N4O/c1-5(2)7(13)12-8(10,11-4)6(3)9/h6H,1,3-4,9-10H2,2H3,(H,12,13). The van der Waals surface area contributed by atoms with Crippen LogP contribution in [-0.4, -0.2) is 24.5 Å². The molecule has 1 radical (unpaired) electrons. The molecule has 0 aromatic carbocycles. The average Bonchev–Trinajstić information content (AvgIpc) is 2.03. The van der Waals surface area contributed by atoms with Crippen molar-refractivity contribution in [2.75, 3.05) is 0 Å². The van der Waals surface area contributed by atoms with Gasteiger partial charge in [0.05, 0.1) is 6.04 Å². The highest BCUT2D eigenvalue weighted by Crippen LogP contribution is 2.02. The monoisotopic (exact) mass is 183 g/mol. The number of hydrogen-bond donors (Lipinski definition) is 3. The molecule has 1 amide bonds. The zero-order chi connectivity index (χ0) is 10.6. The average molecular weight is 183 g/mol. The van der Waals surface area contributed by atoms with Crippen molar-refractivity contribution in [2.24, 2.45) is 16.5 Å². The minimum Gasteiger partial charge on any atom is -0.323 e. The van der Waals surface area contributed by atoms with E-state index in [1.165, 1.54) is 0 Å². The van der Waals surface area contributed by atoms with E-state index in [-0.39, 0.29) is 0 Å². The van der Waals surface area contributed by atoms with Crippen LogP contribution in [0.1, 0.15) is 6.92 Å². The molecule has 0 saturated carbocycles. The van der Waals surface area contributed by atoms with Gasteiger partial charge < -0.3 is 11.1 Å². The Balaban J connectivity index is 4.54. The third kappa shape index (κ3) is 2.96. The molecule has 0 aliphatic rings. The Morgan fingerprint density at radius 3 is 2.38 bits per heavy atom. The first-order valence-electron chi connectivity index (χ1n) is 3.67. The number of amides is 1. The molecule has 13 heavy (non-hydrogen) atoms. The fraction of sp³-hybridized carbons (Fsp3) is 0.375. The largest absolute Gasteiger partial charge is 0.323 e. The van der Waals surface area contributed by atoms with E-state index in [9.17, 15) is 4.79 Å².